The van der Waals surface area contributed by atoms with Gasteiger partial charge in [-0.2, -0.15) is 13.2 Å². The molecule has 0 aromatic heterocycles. The summed E-state index contributed by atoms with van der Waals surface area (Å²) in [5.74, 6) is -0.854. The quantitative estimate of drug-likeness (QED) is 0.690. The second-order valence-electron chi connectivity index (χ2n) is 2.99. The van der Waals surface area contributed by atoms with Gasteiger partial charge in [0.1, 0.15) is 0 Å². The minimum Gasteiger partial charge on any atom is -0.366 e. The Hall–Kier alpha value is -2.25. The van der Waals surface area contributed by atoms with E-state index in [9.17, 15) is 22.8 Å². The fourth-order valence-electron chi connectivity index (χ4n) is 1.09. The summed E-state index contributed by atoms with van der Waals surface area (Å²) in [6.07, 6.45) is -4.84. The highest BCUT2D eigenvalue weighted by atomic mass is 19.4. The number of amides is 3. The second-order valence-corrected chi connectivity index (χ2v) is 2.99. The lowest BCUT2D eigenvalue weighted by Gasteiger charge is -2.11. The first-order valence-corrected chi connectivity index (χ1v) is 4.34. The van der Waals surface area contributed by atoms with Crippen LogP contribution in [0.25, 0.3) is 0 Å². The normalized spacial score (nSPS) is 10.8. The molecule has 0 saturated carbocycles. The molecule has 0 fully saturated rings. The number of urea groups is 1. The van der Waals surface area contributed by atoms with Crippen molar-refractivity contribution in [3.05, 3.63) is 29.8 Å². The zero-order valence-electron chi connectivity index (χ0n) is 8.34. The highest BCUT2D eigenvalue weighted by Gasteiger charge is 2.30. The minimum atomic E-state index is -4.84. The van der Waals surface area contributed by atoms with E-state index in [1.807, 2.05) is 5.32 Å². The summed E-state index contributed by atoms with van der Waals surface area (Å²) in [4.78, 5) is 21.8. The van der Waals surface area contributed by atoms with Gasteiger partial charge in [-0.25, -0.2) is 10.1 Å². The van der Waals surface area contributed by atoms with Crippen LogP contribution in [0.3, 0.4) is 0 Å². The Bertz CT molecular complexity index is 445. The lowest BCUT2D eigenvalue weighted by Crippen LogP contribution is -2.40. The van der Waals surface area contributed by atoms with Gasteiger partial charge in [-0.05, 0) is 12.1 Å². The van der Waals surface area contributed by atoms with Crippen molar-refractivity contribution in [1.29, 1.82) is 0 Å². The van der Waals surface area contributed by atoms with Crippen LogP contribution in [0.4, 0.5) is 23.7 Å². The van der Waals surface area contributed by atoms with E-state index in [0.717, 1.165) is 5.32 Å². The Morgan fingerprint density at radius 3 is 2.29 bits per heavy atom. The molecular formula is C9H8F3N3O2. The monoisotopic (exact) mass is 247 g/mol. The van der Waals surface area contributed by atoms with E-state index in [1.54, 1.807) is 0 Å². The van der Waals surface area contributed by atoms with Gasteiger partial charge in [0, 0.05) is 0 Å². The van der Waals surface area contributed by atoms with Crippen LogP contribution < -0.4 is 16.4 Å². The van der Waals surface area contributed by atoms with Crippen LogP contribution in [0.15, 0.2) is 24.3 Å². The van der Waals surface area contributed by atoms with Crippen molar-refractivity contribution in [2.75, 3.05) is 5.32 Å². The molecule has 1 aromatic carbocycles. The molecule has 0 aliphatic heterocycles. The predicted molar refractivity (Wildman–Crippen MR) is 53.2 cm³/mol. The van der Waals surface area contributed by atoms with Crippen LogP contribution in [0, 0.1) is 0 Å². The van der Waals surface area contributed by atoms with Gasteiger partial charge in [-0.3, -0.25) is 4.79 Å². The first-order valence-electron chi connectivity index (χ1n) is 4.34. The standard InChI is InChI=1S/C9H8F3N3O2/c10-9(11,12)15-8(17)14-6-4-2-1-3-5(6)7(13)16/h1-4H,(H2,13,16)(H2,14,15,17). The molecule has 1 rings (SSSR count). The van der Waals surface area contributed by atoms with E-state index in [-0.39, 0.29) is 11.3 Å². The van der Waals surface area contributed by atoms with Crippen molar-refractivity contribution < 1.29 is 22.8 Å². The number of hydrogen-bond donors (Lipinski definition) is 3. The number of carbonyl (C=O) groups is 2. The molecule has 0 saturated heterocycles. The molecule has 4 N–H and O–H groups in total. The predicted octanol–water partition coefficient (Wildman–Crippen LogP) is 1.43. The third kappa shape index (κ3) is 4.01. The number of para-hydroxylation sites is 1. The summed E-state index contributed by atoms with van der Waals surface area (Å²) >= 11 is 0. The van der Waals surface area contributed by atoms with E-state index < -0.39 is 18.2 Å². The Labute approximate surface area is 93.8 Å². The SMILES string of the molecule is NC(=O)c1ccccc1NC(=O)NC(F)(F)F. The maximum Gasteiger partial charge on any atom is 0.485 e. The number of alkyl halides is 3. The fraction of sp³-hybridized carbons (Fsp3) is 0.111. The van der Waals surface area contributed by atoms with E-state index in [0.29, 0.717) is 0 Å². The van der Waals surface area contributed by atoms with Crippen LogP contribution in [-0.2, 0) is 0 Å². The topological polar surface area (TPSA) is 84.2 Å². The van der Waals surface area contributed by atoms with Crippen molar-refractivity contribution >= 4 is 17.6 Å². The molecule has 3 amide bonds. The van der Waals surface area contributed by atoms with Gasteiger partial charge in [-0.15, -0.1) is 0 Å². The van der Waals surface area contributed by atoms with Gasteiger partial charge in [-0.1, -0.05) is 12.1 Å². The van der Waals surface area contributed by atoms with E-state index >= 15 is 0 Å². The van der Waals surface area contributed by atoms with Gasteiger partial charge >= 0.3 is 12.3 Å². The third-order valence-corrected chi connectivity index (χ3v) is 1.70. The molecule has 0 unspecified atom stereocenters. The minimum absolute atomic E-state index is 0.0789. The molecule has 0 atom stereocenters. The summed E-state index contributed by atoms with van der Waals surface area (Å²) in [6, 6.07) is 3.95. The molecule has 0 heterocycles. The van der Waals surface area contributed by atoms with Crippen molar-refractivity contribution in [2.24, 2.45) is 5.73 Å². The summed E-state index contributed by atoms with van der Waals surface area (Å²) in [5.41, 5.74) is 4.81. The summed E-state index contributed by atoms with van der Waals surface area (Å²) in [6.45, 7) is 0. The number of rotatable bonds is 2. The molecule has 1 aromatic rings. The van der Waals surface area contributed by atoms with Crippen molar-refractivity contribution in [3.63, 3.8) is 0 Å². The van der Waals surface area contributed by atoms with Crippen LogP contribution in [0.1, 0.15) is 10.4 Å². The third-order valence-electron chi connectivity index (χ3n) is 1.70. The number of primary amides is 1. The molecule has 0 aliphatic carbocycles. The van der Waals surface area contributed by atoms with E-state index in [4.69, 9.17) is 5.73 Å². The summed E-state index contributed by atoms with van der Waals surface area (Å²) in [5, 5.41) is 2.61. The first-order chi connectivity index (χ1) is 7.79. The van der Waals surface area contributed by atoms with Crippen LogP contribution in [0.5, 0.6) is 0 Å². The summed E-state index contributed by atoms with van der Waals surface area (Å²) in [7, 11) is 0. The Morgan fingerprint density at radius 1 is 1.18 bits per heavy atom. The van der Waals surface area contributed by atoms with Crippen molar-refractivity contribution in [2.45, 2.75) is 6.30 Å². The number of nitrogens with two attached hydrogens (primary N) is 1. The van der Waals surface area contributed by atoms with Gasteiger partial charge in [0.25, 0.3) is 5.91 Å². The Balaban J connectivity index is 2.82. The summed E-state index contributed by atoms with van der Waals surface area (Å²) < 4.78 is 35.4. The highest BCUT2D eigenvalue weighted by molar-refractivity contribution is 6.02. The molecule has 92 valence electrons. The number of anilines is 1. The van der Waals surface area contributed by atoms with Gasteiger partial charge in [0.05, 0.1) is 11.3 Å². The lowest BCUT2D eigenvalue weighted by atomic mass is 10.1. The number of nitrogens with one attached hydrogen (secondary N) is 2. The molecule has 0 radical (unpaired) electrons. The number of benzene rings is 1. The molecule has 5 nitrogen and oxygen atoms in total. The molecule has 17 heavy (non-hydrogen) atoms. The average molecular weight is 247 g/mol. The fourth-order valence-corrected chi connectivity index (χ4v) is 1.09. The van der Waals surface area contributed by atoms with E-state index in [2.05, 4.69) is 0 Å². The lowest BCUT2D eigenvalue weighted by molar-refractivity contribution is -0.144. The molecular weight excluding hydrogens is 239 g/mol. The number of halogens is 3. The van der Waals surface area contributed by atoms with E-state index in [1.165, 1.54) is 24.3 Å². The van der Waals surface area contributed by atoms with Gasteiger partial charge in [0.2, 0.25) is 0 Å². The molecule has 0 bridgehead atoms. The van der Waals surface area contributed by atoms with Crippen molar-refractivity contribution in [1.82, 2.24) is 5.32 Å². The molecule has 0 spiro atoms. The Kier molecular flexibility index (Phi) is 3.56. The van der Waals surface area contributed by atoms with Crippen LogP contribution >= 0.6 is 0 Å². The highest BCUT2D eigenvalue weighted by Crippen LogP contribution is 2.15. The molecule has 8 heteroatoms. The average Bonchev–Trinajstić information content (AvgIpc) is 2.14. The zero-order valence-corrected chi connectivity index (χ0v) is 8.34. The maximum absolute atomic E-state index is 11.8. The van der Waals surface area contributed by atoms with Crippen LogP contribution in [0.2, 0.25) is 0 Å². The maximum atomic E-state index is 11.8. The van der Waals surface area contributed by atoms with Gasteiger partial charge in [0.15, 0.2) is 0 Å². The zero-order chi connectivity index (χ0) is 13.1. The largest absolute Gasteiger partial charge is 0.485 e. The molecule has 0 aliphatic rings. The van der Waals surface area contributed by atoms with Crippen LogP contribution in [-0.4, -0.2) is 18.2 Å². The number of hydrogen-bond acceptors (Lipinski definition) is 2. The Morgan fingerprint density at radius 2 is 1.76 bits per heavy atom. The van der Waals surface area contributed by atoms with Gasteiger partial charge < -0.3 is 11.1 Å². The number of carbonyl (C=O) groups excluding carboxylic acids is 2. The van der Waals surface area contributed by atoms with Crippen molar-refractivity contribution in [3.8, 4) is 0 Å². The first kappa shape index (κ1) is 12.8. The second kappa shape index (κ2) is 4.73. The smallest absolute Gasteiger partial charge is 0.366 e.